The van der Waals surface area contributed by atoms with Gasteiger partial charge < -0.3 is 9.73 Å². The molecule has 1 aromatic heterocycles. The van der Waals surface area contributed by atoms with Gasteiger partial charge in [0.2, 0.25) is 5.89 Å². The summed E-state index contributed by atoms with van der Waals surface area (Å²) in [5, 5.41) is 12.1. The van der Waals surface area contributed by atoms with Crippen molar-refractivity contribution in [1.29, 1.82) is 0 Å². The molecule has 3 rings (SSSR count). The zero-order valence-corrected chi connectivity index (χ0v) is 12.0. The molecular weight excluding hydrogens is 258 g/mol. The van der Waals surface area contributed by atoms with Crippen molar-refractivity contribution in [3.8, 4) is 0 Å². The molecule has 0 amide bonds. The maximum atomic E-state index is 5.43. The molecule has 1 heterocycles. The van der Waals surface area contributed by atoms with Crippen LogP contribution in [0.15, 0.2) is 32.7 Å². The van der Waals surface area contributed by atoms with Crippen LogP contribution >= 0.6 is 11.8 Å². The number of aromatic nitrogens is 2. The van der Waals surface area contributed by atoms with E-state index < -0.39 is 0 Å². The van der Waals surface area contributed by atoms with E-state index in [-0.39, 0.29) is 0 Å². The van der Waals surface area contributed by atoms with Crippen molar-refractivity contribution in [2.45, 2.75) is 49.4 Å². The molecule has 1 N–H and O–H groups in total. The summed E-state index contributed by atoms with van der Waals surface area (Å²) in [4.78, 5) is 1.18. The third kappa shape index (κ3) is 3.36. The van der Waals surface area contributed by atoms with E-state index in [1.54, 1.807) is 0 Å². The molecule has 0 unspecified atom stereocenters. The molecule has 0 saturated heterocycles. The first kappa shape index (κ1) is 12.7. The van der Waals surface area contributed by atoms with E-state index in [2.05, 4.69) is 40.6 Å². The highest BCUT2D eigenvalue weighted by Gasteiger charge is 2.20. The lowest BCUT2D eigenvalue weighted by molar-refractivity contribution is 0.429. The van der Waals surface area contributed by atoms with Gasteiger partial charge in [0.1, 0.15) is 0 Å². The average molecular weight is 275 g/mol. The molecule has 0 radical (unpaired) electrons. The van der Waals surface area contributed by atoms with E-state index in [1.165, 1.54) is 40.6 Å². The molecule has 2 aromatic rings. The highest BCUT2D eigenvalue weighted by Crippen LogP contribution is 2.30. The van der Waals surface area contributed by atoms with E-state index >= 15 is 0 Å². The molecule has 0 aliphatic heterocycles. The molecule has 0 atom stereocenters. The smallest absolute Gasteiger partial charge is 0.281 e. The van der Waals surface area contributed by atoms with Crippen molar-refractivity contribution >= 4 is 11.8 Å². The van der Waals surface area contributed by atoms with E-state index in [4.69, 9.17) is 4.42 Å². The third-order valence-corrected chi connectivity index (χ3v) is 4.04. The molecule has 5 heteroatoms. The normalized spacial score (nSPS) is 14.8. The highest BCUT2D eigenvalue weighted by molar-refractivity contribution is 7.99. The third-order valence-electron chi connectivity index (χ3n) is 3.08. The van der Waals surface area contributed by atoms with Gasteiger partial charge >= 0.3 is 0 Å². The molecule has 19 heavy (non-hydrogen) atoms. The zero-order valence-electron chi connectivity index (χ0n) is 11.1. The maximum Gasteiger partial charge on any atom is 0.281 e. The molecule has 4 nitrogen and oxygen atoms in total. The minimum atomic E-state index is 0.604. The van der Waals surface area contributed by atoms with Crippen LogP contribution in [0.25, 0.3) is 0 Å². The van der Waals surface area contributed by atoms with Crippen molar-refractivity contribution in [2.24, 2.45) is 0 Å². The Bertz CT molecular complexity index is 578. The van der Waals surface area contributed by atoms with Crippen molar-refractivity contribution < 1.29 is 4.42 Å². The van der Waals surface area contributed by atoms with Gasteiger partial charge in [0.15, 0.2) is 0 Å². The fraction of sp³-hybridized carbons (Fsp3) is 0.429. The second-order valence-corrected chi connectivity index (χ2v) is 5.95. The Labute approximate surface area is 117 Å². The second kappa shape index (κ2) is 5.35. The Kier molecular flexibility index (Phi) is 3.57. The van der Waals surface area contributed by atoms with Crippen LogP contribution < -0.4 is 5.32 Å². The van der Waals surface area contributed by atoms with Crippen LogP contribution in [0.4, 0.5) is 0 Å². The van der Waals surface area contributed by atoms with E-state index in [0.717, 1.165) is 6.54 Å². The second-order valence-electron chi connectivity index (χ2n) is 4.96. The molecule has 1 fully saturated rings. The van der Waals surface area contributed by atoms with Gasteiger partial charge in [-0.15, -0.1) is 10.2 Å². The van der Waals surface area contributed by atoms with Crippen LogP contribution in [0.1, 0.15) is 29.9 Å². The number of hydrogen-bond donors (Lipinski definition) is 1. The standard InChI is InChI=1S/C14H17N3OS/c1-9-3-6-13(19-14-17-16-10(2)18-14)11(7-9)8-15-12-4-5-12/h3,6-7,12,15H,4-5,8H2,1-2H3. The highest BCUT2D eigenvalue weighted by atomic mass is 32.2. The van der Waals surface area contributed by atoms with Gasteiger partial charge in [-0.05, 0) is 43.2 Å². The molecule has 100 valence electrons. The summed E-state index contributed by atoms with van der Waals surface area (Å²) in [5.41, 5.74) is 2.58. The monoisotopic (exact) mass is 275 g/mol. The summed E-state index contributed by atoms with van der Waals surface area (Å²) >= 11 is 1.54. The summed E-state index contributed by atoms with van der Waals surface area (Å²) < 4.78 is 5.43. The minimum absolute atomic E-state index is 0.604. The van der Waals surface area contributed by atoms with Gasteiger partial charge in [0, 0.05) is 24.4 Å². The molecule has 0 spiro atoms. The van der Waals surface area contributed by atoms with Crippen LogP contribution in [-0.4, -0.2) is 16.2 Å². The number of benzene rings is 1. The van der Waals surface area contributed by atoms with Crippen LogP contribution in [0.2, 0.25) is 0 Å². The zero-order chi connectivity index (χ0) is 13.2. The van der Waals surface area contributed by atoms with Crippen molar-refractivity contribution in [3.05, 3.63) is 35.2 Å². The molecule has 1 aromatic carbocycles. The van der Waals surface area contributed by atoms with E-state index in [0.29, 0.717) is 17.2 Å². The Hall–Kier alpha value is -1.33. The van der Waals surface area contributed by atoms with E-state index in [1.807, 2.05) is 6.92 Å². The van der Waals surface area contributed by atoms with E-state index in [9.17, 15) is 0 Å². The molecular formula is C14H17N3OS. The lowest BCUT2D eigenvalue weighted by atomic mass is 10.1. The summed E-state index contributed by atoms with van der Waals surface area (Å²) in [6.07, 6.45) is 2.61. The van der Waals surface area contributed by atoms with Crippen LogP contribution in [0.3, 0.4) is 0 Å². The number of hydrogen-bond acceptors (Lipinski definition) is 5. The van der Waals surface area contributed by atoms with Crippen LogP contribution in [-0.2, 0) is 6.54 Å². The Morgan fingerprint density at radius 2 is 2.16 bits per heavy atom. The first-order valence-corrected chi connectivity index (χ1v) is 7.33. The van der Waals surface area contributed by atoms with Gasteiger partial charge in [-0.25, -0.2) is 0 Å². The first-order valence-electron chi connectivity index (χ1n) is 6.51. The molecule has 1 aliphatic rings. The largest absolute Gasteiger partial charge is 0.416 e. The predicted octanol–water partition coefficient (Wildman–Crippen LogP) is 3.09. The van der Waals surface area contributed by atoms with Gasteiger partial charge in [-0.2, -0.15) is 0 Å². The summed E-state index contributed by atoms with van der Waals surface area (Å²) in [5.74, 6) is 0.604. The predicted molar refractivity (Wildman–Crippen MR) is 74.2 cm³/mol. The Balaban J connectivity index is 1.77. The van der Waals surface area contributed by atoms with Gasteiger partial charge in [-0.1, -0.05) is 17.7 Å². The average Bonchev–Trinajstić information content (AvgIpc) is 3.13. The van der Waals surface area contributed by atoms with Crippen LogP contribution in [0, 0.1) is 13.8 Å². The molecule has 1 saturated carbocycles. The number of nitrogens with zero attached hydrogens (tertiary/aromatic N) is 2. The summed E-state index contributed by atoms with van der Waals surface area (Å²) in [6, 6.07) is 7.18. The quantitative estimate of drug-likeness (QED) is 0.908. The number of rotatable bonds is 5. The molecule has 0 bridgehead atoms. The lowest BCUT2D eigenvalue weighted by Gasteiger charge is -2.09. The van der Waals surface area contributed by atoms with Crippen molar-refractivity contribution in [1.82, 2.24) is 15.5 Å². The summed E-state index contributed by atoms with van der Waals surface area (Å²) in [6.45, 7) is 4.83. The lowest BCUT2D eigenvalue weighted by Crippen LogP contribution is -2.15. The molecule has 1 aliphatic carbocycles. The Morgan fingerprint density at radius 3 is 2.84 bits per heavy atom. The first-order chi connectivity index (χ1) is 9.20. The maximum absolute atomic E-state index is 5.43. The topological polar surface area (TPSA) is 51.0 Å². The minimum Gasteiger partial charge on any atom is -0.416 e. The fourth-order valence-corrected chi connectivity index (χ4v) is 2.73. The van der Waals surface area contributed by atoms with Crippen molar-refractivity contribution in [3.63, 3.8) is 0 Å². The number of nitrogens with one attached hydrogen (secondary N) is 1. The fourth-order valence-electron chi connectivity index (χ4n) is 1.90. The number of aryl methyl sites for hydroxylation is 2. The van der Waals surface area contributed by atoms with Gasteiger partial charge in [0.25, 0.3) is 5.22 Å². The van der Waals surface area contributed by atoms with Crippen LogP contribution in [0.5, 0.6) is 0 Å². The Morgan fingerprint density at radius 1 is 1.32 bits per heavy atom. The summed E-state index contributed by atoms with van der Waals surface area (Å²) in [7, 11) is 0. The van der Waals surface area contributed by atoms with Gasteiger partial charge in [-0.3, -0.25) is 0 Å². The SMILES string of the molecule is Cc1ccc(Sc2nnc(C)o2)c(CNC2CC2)c1. The van der Waals surface area contributed by atoms with Gasteiger partial charge in [0.05, 0.1) is 0 Å². The van der Waals surface area contributed by atoms with Crippen molar-refractivity contribution in [2.75, 3.05) is 0 Å².